The summed E-state index contributed by atoms with van der Waals surface area (Å²) in [5.41, 5.74) is 0.786. The summed E-state index contributed by atoms with van der Waals surface area (Å²) >= 11 is 0. The average molecular weight is 298 g/mol. The molecule has 1 aromatic heterocycles. The Hall–Kier alpha value is -2.95. The molecule has 2 heterocycles. The second kappa shape index (κ2) is 5.11. The Morgan fingerprint density at radius 1 is 1.41 bits per heavy atom. The van der Waals surface area contributed by atoms with E-state index in [1.807, 2.05) is 29.5 Å². The first kappa shape index (κ1) is 14.0. The fourth-order valence-electron chi connectivity index (χ4n) is 2.70. The Morgan fingerprint density at radius 2 is 2.14 bits per heavy atom. The van der Waals surface area contributed by atoms with Crippen LogP contribution in [0.15, 0.2) is 18.2 Å². The van der Waals surface area contributed by atoms with Gasteiger partial charge in [-0.05, 0) is 26.0 Å². The van der Waals surface area contributed by atoms with E-state index in [9.17, 15) is 10.1 Å². The Labute approximate surface area is 126 Å². The zero-order valence-corrected chi connectivity index (χ0v) is 12.2. The number of nitrogens with zero attached hydrogens (tertiary/aromatic N) is 6. The van der Waals surface area contributed by atoms with Crippen LogP contribution in [-0.2, 0) is 0 Å². The van der Waals surface area contributed by atoms with Gasteiger partial charge in [0.25, 0.3) is 5.69 Å². The van der Waals surface area contributed by atoms with Crippen LogP contribution in [0, 0.1) is 35.3 Å². The van der Waals surface area contributed by atoms with Gasteiger partial charge in [0.2, 0.25) is 0 Å². The normalized spacial score (nSPS) is 14.5. The zero-order chi connectivity index (χ0) is 15.9. The van der Waals surface area contributed by atoms with Crippen molar-refractivity contribution in [1.82, 2.24) is 14.8 Å². The minimum Gasteiger partial charge on any atom is -0.362 e. The summed E-state index contributed by atoms with van der Waals surface area (Å²) < 4.78 is 1.86. The Morgan fingerprint density at radius 3 is 2.68 bits per heavy atom. The number of benzene rings is 1. The van der Waals surface area contributed by atoms with Gasteiger partial charge in [-0.3, -0.25) is 10.1 Å². The Bertz CT molecular complexity index is 785. The molecule has 0 bridgehead atoms. The van der Waals surface area contributed by atoms with Crippen molar-refractivity contribution in [3.63, 3.8) is 0 Å². The molecular formula is C14H14N6O2. The van der Waals surface area contributed by atoms with Gasteiger partial charge < -0.3 is 4.90 Å². The number of aromatic nitrogens is 3. The molecule has 1 aromatic carbocycles. The fourth-order valence-corrected chi connectivity index (χ4v) is 2.70. The van der Waals surface area contributed by atoms with E-state index in [1.54, 1.807) is 12.1 Å². The van der Waals surface area contributed by atoms with Gasteiger partial charge in [0.15, 0.2) is 0 Å². The van der Waals surface area contributed by atoms with Crippen molar-refractivity contribution >= 4 is 11.4 Å². The van der Waals surface area contributed by atoms with Crippen molar-refractivity contribution in [3.8, 4) is 6.07 Å². The topological polar surface area (TPSA) is 101 Å². The highest BCUT2D eigenvalue weighted by molar-refractivity contribution is 5.66. The highest BCUT2D eigenvalue weighted by Gasteiger charge is 2.34. The molecule has 0 N–H and O–H groups in total. The minimum absolute atomic E-state index is 0.0380. The maximum atomic E-state index is 11.2. The van der Waals surface area contributed by atoms with Crippen molar-refractivity contribution in [1.29, 1.82) is 5.26 Å². The summed E-state index contributed by atoms with van der Waals surface area (Å²) in [5, 5.41) is 24.4. The van der Waals surface area contributed by atoms with Gasteiger partial charge >= 0.3 is 0 Å². The van der Waals surface area contributed by atoms with E-state index < -0.39 is 4.92 Å². The van der Waals surface area contributed by atoms with Gasteiger partial charge in [0.05, 0.1) is 22.6 Å². The van der Waals surface area contributed by atoms with Crippen molar-refractivity contribution in [2.24, 2.45) is 0 Å². The standard InChI is InChI=1S/C14H14N6O2/c1-9-16-10(2)19(17-9)12-7-18(8-12)13-4-3-11(6-15)5-14(13)20(21)22/h3-5,12H,7-8H2,1-2H3. The lowest BCUT2D eigenvalue weighted by Crippen LogP contribution is -2.48. The number of nitro benzene ring substituents is 1. The van der Waals surface area contributed by atoms with Crippen LogP contribution in [0.5, 0.6) is 0 Å². The molecule has 3 rings (SSSR count). The number of hydrogen-bond donors (Lipinski definition) is 0. The van der Waals surface area contributed by atoms with E-state index in [2.05, 4.69) is 10.1 Å². The number of nitro groups is 1. The molecule has 0 aliphatic carbocycles. The summed E-state index contributed by atoms with van der Waals surface area (Å²) in [7, 11) is 0. The second-order valence-corrected chi connectivity index (χ2v) is 5.28. The van der Waals surface area contributed by atoms with Crippen LogP contribution < -0.4 is 4.90 Å². The first-order valence-electron chi connectivity index (χ1n) is 6.83. The SMILES string of the molecule is Cc1nc(C)n(C2CN(c3ccc(C#N)cc3[N+](=O)[O-])C2)n1. The highest BCUT2D eigenvalue weighted by Crippen LogP contribution is 2.35. The van der Waals surface area contributed by atoms with Crippen LogP contribution in [0.4, 0.5) is 11.4 Å². The molecule has 0 amide bonds. The molecule has 1 aliphatic rings. The first-order chi connectivity index (χ1) is 10.5. The van der Waals surface area contributed by atoms with Crippen LogP contribution in [0.25, 0.3) is 0 Å². The largest absolute Gasteiger partial charge is 0.362 e. The van der Waals surface area contributed by atoms with E-state index in [1.165, 1.54) is 6.07 Å². The molecule has 1 saturated heterocycles. The molecule has 8 heteroatoms. The van der Waals surface area contributed by atoms with Gasteiger partial charge in [0.1, 0.15) is 17.3 Å². The number of rotatable bonds is 3. The summed E-state index contributed by atoms with van der Waals surface area (Å²) in [6.45, 7) is 5.00. The molecule has 112 valence electrons. The summed E-state index contributed by atoms with van der Waals surface area (Å²) in [4.78, 5) is 16.9. The third-order valence-corrected chi connectivity index (χ3v) is 3.76. The first-order valence-corrected chi connectivity index (χ1v) is 6.83. The van der Waals surface area contributed by atoms with Gasteiger partial charge in [0, 0.05) is 19.2 Å². The molecule has 1 fully saturated rings. The monoisotopic (exact) mass is 298 g/mol. The summed E-state index contributed by atoms with van der Waals surface area (Å²) in [6, 6.07) is 6.63. The van der Waals surface area contributed by atoms with Gasteiger partial charge in [-0.1, -0.05) is 0 Å². The van der Waals surface area contributed by atoms with E-state index in [-0.39, 0.29) is 17.3 Å². The van der Waals surface area contributed by atoms with Gasteiger partial charge in [-0.15, -0.1) is 0 Å². The van der Waals surface area contributed by atoms with Crippen LogP contribution in [0.1, 0.15) is 23.3 Å². The smallest absolute Gasteiger partial charge is 0.293 e. The Kier molecular flexibility index (Phi) is 3.25. The molecule has 0 atom stereocenters. The highest BCUT2D eigenvalue weighted by atomic mass is 16.6. The Balaban J connectivity index is 1.82. The third-order valence-electron chi connectivity index (χ3n) is 3.76. The fraction of sp³-hybridized carbons (Fsp3) is 0.357. The van der Waals surface area contributed by atoms with Gasteiger partial charge in [-0.2, -0.15) is 10.4 Å². The van der Waals surface area contributed by atoms with Crippen molar-refractivity contribution in [3.05, 3.63) is 45.5 Å². The molecule has 8 nitrogen and oxygen atoms in total. The van der Waals surface area contributed by atoms with E-state index in [4.69, 9.17) is 5.26 Å². The predicted molar refractivity (Wildman–Crippen MR) is 78.6 cm³/mol. The molecule has 1 aliphatic heterocycles. The molecule has 0 radical (unpaired) electrons. The summed E-state index contributed by atoms with van der Waals surface area (Å²) in [6.07, 6.45) is 0. The summed E-state index contributed by atoms with van der Waals surface area (Å²) in [5.74, 6) is 1.57. The van der Waals surface area contributed by atoms with Crippen LogP contribution in [0.3, 0.4) is 0 Å². The number of anilines is 1. The molecule has 0 saturated carbocycles. The molecule has 0 spiro atoms. The number of aryl methyl sites for hydroxylation is 2. The third kappa shape index (κ3) is 2.26. The quantitative estimate of drug-likeness (QED) is 0.632. The molecule has 22 heavy (non-hydrogen) atoms. The average Bonchev–Trinajstić information content (AvgIpc) is 2.76. The van der Waals surface area contributed by atoms with E-state index >= 15 is 0 Å². The van der Waals surface area contributed by atoms with Crippen LogP contribution in [-0.4, -0.2) is 32.8 Å². The lowest BCUT2D eigenvalue weighted by Gasteiger charge is -2.40. The molecule has 2 aromatic rings. The van der Waals surface area contributed by atoms with Crippen molar-refractivity contribution < 1.29 is 4.92 Å². The lowest BCUT2D eigenvalue weighted by atomic mass is 10.1. The predicted octanol–water partition coefficient (Wildman–Crippen LogP) is 1.74. The maximum Gasteiger partial charge on any atom is 0.293 e. The van der Waals surface area contributed by atoms with Crippen LogP contribution in [0.2, 0.25) is 0 Å². The number of hydrogen-bond acceptors (Lipinski definition) is 6. The lowest BCUT2D eigenvalue weighted by molar-refractivity contribution is -0.384. The second-order valence-electron chi connectivity index (χ2n) is 5.28. The maximum absolute atomic E-state index is 11.2. The molecule has 0 unspecified atom stereocenters. The minimum atomic E-state index is -0.450. The van der Waals surface area contributed by atoms with Crippen molar-refractivity contribution in [2.75, 3.05) is 18.0 Å². The zero-order valence-electron chi connectivity index (χ0n) is 12.2. The van der Waals surface area contributed by atoms with Gasteiger partial charge in [-0.25, -0.2) is 9.67 Å². The van der Waals surface area contributed by atoms with Crippen molar-refractivity contribution in [2.45, 2.75) is 19.9 Å². The van der Waals surface area contributed by atoms with Crippen LogP contribution >= 0.6 is 0 Å². The van der Waals surface area contributed by atoms with E-state index in [0.29, 0.717) is 18.8 Å². The number of nitriles is 1. The van der Waals surface area contributed by atoms with E-state index in [0.717, 1.165) is 11.6 Å². The molecular weight excluding hydrogens is 284 g/mol.